The molecule has 1 unspecified atom stereocenters. The zero-order chi connectivity index (χ0) is 14.4. The second-order valence-corrected chi connectivity index (χ2v) is 5.86. The number of aryl methyl sites for hydroxylation is 1. The van der Waals surface area contributed by atoms with Gasteiger partial charge in [-0.15, -0.1) is 0 Å². The van der Waals surface area contributed by atoms with E-state index in [0.29, 0.717) is 0 Å². The summed E-state index contributed by atoms with van der Waals surface area (Å²) in [5.74, 6) is 0.968. The third-order valence-corrected chi connectivity index (χ3v) is 4.30. The predicted octanol–water partition coefficient (Wildman–Crippen LogP) is 2.97. The Hall–Kier alpha value is -1.06. The first-order chi connectivity index (χ1) is 9.70. The number of nitrogens with zero attached hydrogens (tertiary/aromatic N) is 1. The fraction of sp³-hybridized carbons (Fsp3) is 0.647. The summed E-state index contributed by atoms with van der Waals surface area (Å²) in [5.41, 5.74) is 2.53. The van der Waals surface area contributed by atoms with Gasteiger partial charge in [-0.05, 0) is 50.4 Å². The van der Waals surface area contributed by atoms with Crippen LogP contribution in [0.2, 0.25) is 0 Å². The lowest BCUT2D eigenvalue weighted by molar-refractivity contribution is 0.161. The van der Waals surface area contributed by atoms with E-state index in [1.165, 1.54) is 36.9 Å². The number of benzene rings is 1. The van der Waals surface area contributed by atoms with Crippen LogP contribution in [0.3, 0.4) is 0 Å². The van der Waals surface area contributed by atoms with Crippen LogP contribution in [0.4, 0.5) is 0 Å². The molecule has 20 heavy (non-hydrogen) atoms. The monoisotopic (exact) mass is 276 g/mol. The predicted molar refractivity (Wildman–Crippen MR) is 84.3 cm³/mol. The molecule has 1 aromatic carbocycles. The summed E-state index contributed by atoms with van der Waals surface area (Å²) in [5, 5.41) is 3.55. The van der Waals surface area contributed by atoms with E-state index in [-0.39, 0.29) is 0 Å². The van der Waals surface area contributed by atoms with Crippen LogP contribution < -0.4 is 10.1 Å². The molecule has 1 N–H and O–H groups in total. The number of nitrogens with one attached hydrogen (secondary N) is 1. The van der Waals surface area contributed by atoms with E-state index < -0.39 is 0 Å². The van der Waals surface area contributed by atoms with Crippen molar-refractivity contribution in [2.75, 3.05) is 26.7 Å². The van der Waals surface area contributed by atoms with Gasteiger partial charge in [0.15, 0.2) is 0 Å². The minimum atomic E-state index is 0.758. The zero-order valence-corrected chi connectivity index (χ0v) is 13.1. The normalized spacial score (nSPS) is 20.1. The Morgan fingerprint density at radius 2 is 2.20 bits per heavy atom. The van der Waals surface area contributed by atoms with Crippen LogP contribution in [-0.4, -0.2) is 37.7 Å². The van der Waals surface area contributed by atoms with Gasteiger partial charge in [-0.3, -0.25) is 4.90 Å². The molecule has 0 amide bonds. The fourth-order valence-electron chi connectivity index (χ4n) is 3.00. The van der Waals surface area contributed by atoms with Crippen molar-refractivity contribution in [1.82, 2.24) is 10.2 Å². The Kier molecular flexibility index (Phi) is 5.86. The molecule has 2 rings (SSSR count). The number of methoxy groups -OCH3 is 1. The van der Waals surface area contributed by atoms with Gasteiger partial charge in [0.05, 0.1) is 7.11 Å². The quantitative estimate of drug-likeness (QED) is 0.809. The van der Waals surface area contributed by atoms with Crippen molar-refractivity contribution < 1.29 is 4.74 Å². The Morgan fingerprint density at radius 3 is 2.90 bits per heavy atom. The van der Waals surface area contributed by atoms with Crippen LogP contribution in [0.5, 0.6) is 5.75 Å². The first kappa shape index (κ1) is 15.3. The molecule has 1 aliphatic rings. The SMILES string of the molecule is COc1ccc(CNCCN2CCCCC2C)cc1C. The summed E-state index contributed by atoms with van der Waals surface area (Å²) in [6, 6.07) is 7.16. The van der Waals surface area contributed by atoms with E-state index >= 15 is 0 Å². The zero-order valence-electron chi connectivity index (χ0n) is 13.1. The van der Waals surface area contributed by atoms with Crippen LogP contribution in [0.15, 0.2) is 18.2 Å². The summed E-state index contributed by atoms with van der Waals surface area (Å²) in [6.45, 7) is 8.88. The van der Waals surface area contributed by atoms with Crippen molar-refractivity contribution >= 4 is 0 Å². The maximum absolute atomic E-state index is 5.29. The minimum absolute atomic E-state index is 0.758. The molecule has 3 nitrogen and oxygen atoms in total. The van der Waals surface area contributed by atoms with Crippen LogP contribution >= 0.6 is 0 Å². The Balaban J connectivity index is 1.71. The third kappa shape index (κ3) is 4.22. The molecule has 0 spiro atoms. The average Bonchev–Trinajstić information content (AvgIpc) is 2.45. The first-order valence-corrected chi connectivity index (χ1v) is 7.79. The number of rotatable bonds is 6. The molecule has 0 saturated carbocycles. The van der Waals surface area contributed by atoms with Gasteiger partial charge < -0.3 is 10.1 Å². The molecule has 0 aromatic heterocycles. The van der Waals surface area contributed by atoms with Crippen molar-refractivity contribution in [3.8, 4) is 5.75 Å². The van der Waals surface area contributed by atoms with Gasteiger partial charge in [0.2, 0.25) is 0 Å². The van der Waals surface area contributed by atoms with Crippen molar-refractivity contribution in [3.05, 3.63) is 29.3 Å². The van der Waals surface area contributed by atoms with Crippen molar-refractivity contribution in [3.63, 3.8) is 0 Å². The largest absolute Gasteiger partial charge is 0.496 e. The Morgan fingerprint density at radius 1 is 1.35 bits per heavy atom. The van der Waals surface area contributed by atoms with E-state index in [0.717, 1.165) is 31.4 Å². The molecule has 0 bridgehead atoms. The molecular formula is C17H28N2O. The van der Waals surface area contributed by atoms with Crippen molar-refractivity contribution in [2.45, 2.75) is 45.7 Å². The van der Waals surface area contributed by atoms with E-state index in [4.69, 9.17) is 4.74 Å². The van der Waals surface area contributed by atoms with Crippen LogP contribution in [0.25, 0.3) is 0 Å². The molecule has 1 atom stereocenters. The fourth-order valence-corrected chi connectivity index (χ4v) is 3.00. The summed E-state index contributed by atoms with van der Waals surface area (Å²) in [6.07, 6.45) is 4.12. The minimum Gasteiger partial charge on any atom is -0.496 e. The molecule has 3 heteroatoms. The molecule has 0 aliphatic carbocycles. The summed E-state index contributed by atoms with van der Waals surface area (Å²) in [7, 11) is 1.72. The van der Waals surface area contributed by atoms with Gasteiger partial charge in [0.1, 0.15) is 5.75 Å². The molecule has 1 aliphatic heterocycles. The van der Waals surface area contributed by atoms with Crippen molar-refractivity contribution in [2.24, 2.45) is 0 Å². The number of ether oxygens (including phenoxy) is 1. The maximum atomic E-state index is 5.29. The molecule has 1 heterocycles. The van der Waals surface area contributed by atoms with E-state index in [2.05, 4.69) is 42.3 Å². The molecular weight excluding hydrogens is 248 g/mol. The smallest absolute Gasteiger partial charge is 0.121 e. The van der Waals surface area contributed by atoms with Gasteiger partial charge >= 0.3 is 0 Å². The topological polar surface area (TPSA) is 24.5 Å². The second-order valence-electron chi connectivity index (χ2n) is 5.86. The highest BCUT2D eigenvalue weighted by Gasteiger charge is 2.16. The van der Waals surface area contributed by atoms with Crippen LogP contribution in [0, 0.1) is 6.92 Å². The van der Waals surface area contributed by atoms with Gasteiger partial charge in [-0.25, -0.2) is 0 Å². The van der Waals surface area contributed by atoms with E-state index in [1.54, 1.807) is 7.11 Å². The third-order valence-electron chi connectivity index (χ3n) is 4.30. The van der Waals surface area contributed by atoms with Crippen LogP contribution in [-0.2, 0) is 6.54 Å². The molecule has 0 radical (unpaired) electrons. The Bertz CT molecular complexity index is 419. The highest BCUT2D eigenvalue weighted by atomic mass is 16.5. The number of hydrogen-bond acceptors (Lipinski definition) is 3. The van der Waals surface area contributed by atoms with E-state index in [9.17, 15) is 0 Å². The number of likely N-dealkylation sites (tertiary alicyclic amines) is 1. The maximum Gasteiger partial charge on any atom is 0.121 e. The molecule has 1 aromatic rings. The van der Waals surface area contributed by atoms with Crippen LogP contribution in [0.1, 0.15) is 37.3 Å². The van der Waals surface area contributed by atoms with Crippen molar-refractivity contribution in [1.29, 1.82) is 0 Å². The average molecular weight is 276 g/mol. The summed E-state index contributed by atoms with van der Waals surface area (Å²) < 4.78 is 5.29. The van der Waals surface area contributed by atoms with E-state index in [1.807, 2.05) is 0 Å². The van der Waals surface area contributed by atoms with Gasteiger partial charge in [0, 0.05) is 25.7 Å². The summed E-state index contributed by atoms with van der Waals surface area (Å²) >= 11 is 0. The lowest BCUT2D eigenvalue weighted by Crippen LogP contribution is -2.41. The Labute approximate surface area is 123 Å². The van der Waals surface area contributed by atoms with Gasteiger partial charge in [0.25, 0.3) is 0 Å². The standard InChI is InChI=1S/C17H28N2O/c1-14-12-16(7-8-17(14)20-3)13-18-9-11-19-10-5-4-6-15(19)2/h7-8,12,15,18H,4-6,9-11,13H2,1-3H3. The van der Waals surface area contributed by atoms with Gasteiger partial charge in [-0.1, -0.05) is 18.6 Å². The first-order valence-electron chi connectivity index (χ1n) is 7.79. The second kappa shape index (κ2) is 7.65. The molecule has 1 saturated heterocycles. The highest BCUT2D eigenvalue weighted by Crippen LogP contribution is 2.18. The summed E-state index contributed by atoms with van der Waals surface area (Å²) in [4.78, 5) is 2.61. The lowest BCUT2D eigenvalue weighted by Gasteiger charge is -2.33. The highest BCUT2D eigenvalue weighted by molar-refractivity contribution is 5.36. The van der Waals surface area contributed by atoms with Gasteiger partial charge in [-0.2, -0.15) is 0 Å². The number of piperidine rings is 1. The molecule has 1 fully saturated rings. The number of hydrogen-bond donors (Lipinski definition) is 1. The lowest BCUT2D eigenvalue weighted by atomic mass is 10.0. The molecule has 112 valence electrons.